The fourth-order valence-corrected chi connectivity index (χ4v) is 3.22. The average molecular weight is 372 g/mol. The van der Waals surface area contributed by atoms with Gasteiger partial charge in [0.25, 0.3) is 5.91 Å². The highest BCUT2D eigenvalue weighted by Gasteiger charge is 2.24. The van der Waals surface area contributed by atoms with Crippen LogP contribution in [-0.4, -0.2) is 46.5 Å². The van der Waals surface area contributed by atoms with Crippen molar-refractivity contribution < 1.29 is 13.9 Å². The molecule has 2 heterocycles. The first-order chi connectivity index (χ1) is 13.1. The summed E-state index contributed by atoms with van der Waals surface area (Å²) in [6.45, 7) is 5.63. The van der Waals surface area contributed by atoms with E-state index in [0.717, 1.165) is 18.6 Å². The minimum Gasteiger partial charge on any atom is -0.494 e. The smallest absolute Gasteiger partial charge is 0.253 e. The summed E-state index contributed by atoms with van der Waals surface area (Å²) in [7, 11) is 0. The third kappa shape index (κ3) is 4.53. The van der Waals surface area contributed by atoms with Gasteiger partial charge in [-0.25, -0.2) is 14.4 Å². The van der Waals surface area contributed by atoms with Crippen molar-refractivity contribution in [3.63, 3.8) is 0 Å². The molecule has 0 bridgehead atoms. The number of carbonyl (C=O) groups excluding carboxylic acids is 1. The Kier molecular flexibility index (Phi) is 6.21. The maximum Gasteiger partial charge on any atom is 0.253 e. The summed E-state index contributed by atoms with van der Waals surface area (Å²) < 4.78 is 19.7. The van der Waals surface area contributed by atoms with Crippen molar-refractivity contribution in [2.75, 3.05) is 25.0 Å². The van der Waals surface area contributed by atoms with Crippen LogP contribution in [0.5, 0.6) is 5.75 Å². The Morgan fingerprint density at radius 1 is 1.22 bits per heavy atom. The second-order valence-electron chi connectivity index (χ2n) is 6.50. The molecule has 0 radical (unpaired) electrons. The van der Waals surface area contributed by atoms with Gasteiger partial charge in [0.15, 0.2) is 11.6 Å². The number of nitrogens with zero attached hydrogens (tertiary/aromatic N) is 3. The van der Waals surface area contributed by atoms with Crippen molar-refractivity contribution in [1.82, 2.24) is 14.9 Å². The summed E-state index contributed by atoms with van der Waals surface area (Å²) >= 11 is 0. The Bertz CT molecular complexity index is 774. The molecule has 1 aromatic heterocycles. The Labute approximate surface area is 158 Å². The lowest BCUT2D eigenvalue weighted by Gasteiger charge is -2.32. The first kappa shape index (κ1) is 19.1. The summed E-state index contributed by atoms with van der Waals surface area (Å²) in [5.41, 5.74) is 1.06. The average Bonchev–Trinajstić information content (AvgIpc) is 2.70. The highest BCUT2D eigenvalue weighted by molar-refractivity contribution is 5.94. The number of rotatable bonds is 6. The predicted octanol–water partition coefficient (Wildman–Crippen LogP) is 3.29. The quantitative estimate of drug-likeness (QED) is 0.843. The molecule has 0 atom stereocenters. The summed E-state index contributed by atoms with van der Waals surface area (Å²) in [4.78, 5) is 22.5. The molecule has 0 saturated carbocycles. The molecule has 7 heteroatoms. The molecule has 144 valence electrons. The molecule has 1 aliphatic rings. The standard InChI is InChI=1S/C20H25FN4O2/c1-3-17-18(21)19(23-13-22-17)24-15-9-11-25(12-10-15)20(26)14-5-7-16(8-6-14)27-4-2/h5-8,13,15H,3-4,9-12H2,1-2H3,(H,22,23,24). The summed E-state index contributed by atoms with van der Waals surface area (Å²) in [6.07, 6.45) is 3.40. The zero-order chi connectivity index (χ0) is 19.2. The van der Waals surface area contributed by atoms with Crippen LogP contribution in [0.1, 0.15) is 42.7 Å². The van der Waals surface area contributed by atoms with Gasteiger partial charge in [-0.05, 0) is 50.5 Å². The molecular formula is C20H25FN4O2. The van der Waals surface area contributed by atoms with Gasteiger partial charge in [-0.2, -0.15) is 0 Å². The molecule has 1 aliphatic heterocycles. The molecule has 0 aliphatic carbocycles. The SMILES string of the molecule is CCOc1ccc(C(=O)N2CCC(Nc3ncnc(CC)c3F)CC2)cc1. The predicted molar refractivity (Wildman–Crippen MR) is 102 cm³/mol. The van der Waals surface area contributed by atoms with E-state index in [1.165, 1.54) is 6.33 Å². The van der Waals surface area contributed by atoms with E-state index < -0.39 is 0 Å². The van der Waals surface area contributed by atoms with Gasteiger partial charge in [-0.3, -0.25) is 4.79 Å². The molecule has 27 heavy (non-hydrogen) atoms. The first-order valence-electron chi connectivity index (χ1n) is 9.40. The fourth-order valence-electron chi connectivity index (χ4n) is 3.22. The number of piperidine rings is 1. The molecule has 1 aromatic carbocycles. The molecule has 1 fully saturated rings. The molecule has 0 spiro atoms. The number of hydrogen-bond acceptors (Lipinski definition) is 5. The monoisotopic (exact) mass is 372 g/mol. The van der Waals surface area contributed by atoms with Crippen LogP contribution in [0, 0.1) is 5.82 Å². The van der Waals surface area contributed by atoms with Crippen molar-refractivity contribution in [3.8, 4) is 5.75 Å². The third-order valence-corrected chi connectivity index (χ3v) is 4.73. The molecule has 0 unspecified atom stereocenters. The van der Waals surface area contributed by atoms with Gasteiger partial charge < -0.3 is 15.0 Å². The van der Waals surface area contributed by atoms with Crippen LogP contribution in [0.4, 0.5) is 10.2 Å². The van der Waals surface area contributed by atoms with Crippen LogP contribution in [0.25, 0.3) is 0 Å². The van der Waals surface area contributed by atoms with E-state index in [0.29, 0.717) is 37.4 Å². The van der Waals surface area contributed by atoms with Gasteiger partial charge in [-0.15, -0.1) is 0 Å². The van der Waals surface area contributed by atoms with E-state index in [2.05, 4.69) is 15.3 Å². The van der Waals surface area contributed by atoms with Crippen molar-refractivity contribution >= 4 is 11.7 Å². The zero-order valence-electron chi connectivity index (χ0n) is 15.7. The van der Waals surface area contributed by atoms with Crippen LogP contribution in [0.2, 0.25) is 0 Å². The summed E-state index contributed by atoms with van der Waals surface area (Å²) in [5.74, 6) is 0.638. The number of aromatic nitrogens is 2. The highest BCUT2D eigenvalue weighted by atomic mass is 19.1. The molecule has 3 rings (SSSR count). The van der Waals surface area contributed by atoms with Gasteiger partial charge in [0.05, 0.1) is 12.3 Å². The number of ether oxygens (including phenoxy) is 1. The Morgan fingerprint density at radius 2 is 1.93 bits per heavy atom. The Morgan fingerprint density at radius 3 is 2.56 bits per heavy atom. The molecule has 1 amide bonds. The number of amides is 1. The fraction of sp³-hybridized carbons (Fsp3) is 0.450. The number of aryl methyl sites for hydroxylation is 1. The number of carbonyl (C=O) groups is 1. The van der Waals surface area contributed by atoms with E-state index in [9.17, 15) is 9.18 Å². The van der Waals surface area contributed by atoms with Gasteiger partial charge in [0.1, 0.15) is 12.1 Å². The topological polar surface area (TPSA) is 67.3 Å². The molecular weight excluding hydrogens is 347 g/mol. The van der Waals surface area contributed by atoms with Crippen LogP contribution in [-0.2, 0) is 6.42 Å². The number of likely N-dealkylation sites (tertiary alicyclic amines) is 1. The van der Waals surface area contributed by atoms with Crippen LogP contribution >= 0.6 is 0 Å². The lowest BCUT2D eigenvalue weighted by molar-refractivity contribution is 0.0718. The van der Waals surface area contributed by atoms with Crippen molar-refractivity contribution in [3.05, 3.63) is 47.7 Å². The zero-order valence-corrected chi connectivity index (χ0v) is 15.7. The van der Waals surface area contributed by atoms with Crippen LogP contribution in [0.3, 0.4) is 0 Å². The number of nitrogens with one attached hydrogen (secondary N) is 1. The van der Waals surface area contributed by atoms with Crippen molar-refractivity contribution in [2.45, 2.75) is 39.2 Å². The number of anilines is 1. The van der Waals surface area contributed by atoms with Gasteiger partial charge in [0.2, 0.25) is 0 Å². The second kappa shape index (κ2) is 8.79. The molecule has 2 aromatic rings. The summed E-state index contributed by atoms with van der Waals surface area (Å²) in [5, 5.41) is 3.16. The van der Waals surface area contributed by atoms with E-state index in [1.54, 1.807) is 12.1 Å². The van der Waals surface area contributed by atoms with Crippen LogP contribution < -0.4 is 10.1 Å². The van der Waals surface area contributed by atoms with Crippen molar-refractivity contribution in [1.29, 1.82) is 0 Å². The second-order valence-corrected chi connectivity index (χ2v) is 6.50. The van der Waals surface area contributed by atoms with Crippen molar-refractivity contribution in [2.24, 2.45) is 0 Å². The normalized spacial score (nSPS) is 14.9. The first-order valence-corrected chi connectivity index (χ1v) is 9.40. The van der Waals surface area contributed by atoms with E-state index in [4.69, 9.17) is 4.74 Å². The maximum absolute atomic E-state index is 14.3. The molecule has 1 N–H and O–H groups in total. The lowest BCUT2D eigenvalue weighted by atomic mass is 10.0. The summed E-state index contributed by atoms with van der Waals surface area (Å²) in [6, 6.07) is 7.30. The Balaban J connectivity index is 1.56. The van der Waals surface area contributed by atoms with E-state index in [-0.39, 0.29) is 23.6 Å². The highest BCUT2D eigenvalue weighted by Crippen LogP contribution is 2.21. The van der Waals surface area contributed by atoms with E-state index in [1.807, 2.05) is 30.9 Å². The number of hydrogen-bond donors (Lipinski definition) is 1. The minimum absolute atomic E-state index is 0.0120. The van der Waals surface area contributed by atoms with Crippen LogP contribution in [0.15, 0.2) is 30.6 Å². The van der Waals surface area contributed by atoms with Gasteiger partial charge >= 0.3 is 0 Å². The van der Waals surface area contributed by atoms with Gasteiger partial charge in [-0.1, -0.05) is 6.92 Å². The number of benzene rings is 1. The minimum atomic E-state index is -0.382. The molecule has 1 saturated heterocycles. The maximum atomic E-state index is 14.3. The number of halogens is 1. The Hall–Kier alpha value is -2.70. The van der Waals surface area contributed by atoms with Gasteiger partial charge in [0, 0.05) is 24.7 Å². The lowest BCUT2D eigenvalue weighted by Crippen LogP contribution is -2.42. The van der Waals surface area contributed by atoms with E-state index >= 15 is 0 Å². The molecule has 6 nitrogen and oxygen atoms in total. The third-order valence-electron chi connectivity index (χ3n) is 4.73. The largest absolute Gasteiger partial charge is 0.494 e.